The van der Waals surface area contributed by atoms with Crippen molar-refractivity contribution < 1.29 is 19.1 Å². The standard InChI is InChI=1S/C20H19N3O4S2/c1-18(9-21)8-20-17(25)22(12-4-5-12)19(2,28-29-20)16(24)23(20)15(18)11-3-6-13-14(7-11)27-10-26-13/h3,6-7,12,15H,4-5,8,10H2,1-2H3/t15?,18-,19?,20+/m1/s1. The summed E-state index contributed by atoms with van der Waals surface area (Å²) in [4.78, 5) is 29.1. The van der Waals surface area contributed by atoms with Crippen molar-refractivity contribution in [1.29, 1.82) is 5.26 Å². The van der Waals surface area contributed by atoms with Gasteiger partial charge in [-0.25, -0.2) is 0 Å². The molecule has 2 unspecified atom stereocenters. The van der Waals surface area contributed by atoms with E-state index in [0.717, 1.165) is 18.4 Å². The van der Waals surface area contributed by atoms with E-state index in [0.29, 0.717) is 17.9 Å². The lowest BCUT2D eigenvalue weighted by Gasteiger charge is -2.58. The Balaban J connectivity index is 1.53. The molecule has 5 aliphatic heterocycles. The molecular weight excluding hydrogens is 410 g/mol. The van der Waals surface area contributed by atoms with Crippen molar-refractivity contribution in [2.24, 2.45) is 5.41 Å². The Hall–Kier alpha value is -2.05. The zero-order valence-corrected chi connectivity index (χ0v) is 17.6. The van der Waals surface area contributed by atoms with Crippen LogP contribution in [-0.4, -0.2) is 44.2 Å². The second-order valence-corrected chi connectivity index (χ2v) is 11.5. The minimum atomic E-state index is -1.03. The molecule has 1 aromatic rings. The van der Waals surface area contributed by atoms with Crippen LogP contribution in [0.2, 0.25) is 0 Å². The average Bonchev–Trinajstić information content (AvgIpc) is 3.34. The van der Waals surface area contributed by atoms with E-state index in [4.69, 9.17) is 9.47 Å². The van der Waals surface area contributed by atoms with E-state index in [2.05, 4.69) is 6.07 Å². The molecule has 1 spiro atoms. The first-order valence-corrected chi connectivity index (χ1v) is 11.8. The average molecular weight is 430 g/mol. The predicted molar refractivity (Wildman–Crippen MR) is 107 cm³/mol. The van der Waals surface area contributed by atoms with Crippen molar-refractivity contribution in [3.8, 4) is 17.6 Å². The molecule has 4 atom stereocenters. The monoisotopic (exact) mass is 429 g/mol. The number of hydrogen-bond donors (Lipinski definition) is 0. The molecule has 1 aliphatic carbocycles. The van der Waals surface area contributed by atoms with Gasteiger partial charge < -0.3 is 19.3 Å². The van der Waals surface area contributed by atoms with Crippen LogP contribution in [0.4, 0.5) is 0 Å². The Morgan fingerprint density at radius 3 is 2.59 bits per heavy atom. The summed E-state index contributed by atoms with van der Waals surface area (Å²) in [5.74, 6) is 1.17. The summed E-state index contributed by atoms with van der Waals surface area (Å²) in [6.07, 6.45) is 2.20. The molecule has 6 aliphatic rings. The van der Waals surface area contributed by atoms with E-state index >= 15 is 0 Å². The lowest BCUT2D eigenvalue weighted by molar-refractivity contribution is -0.166. The topological polar surface area (TPSA) is 82.9 Å². The molecule has 29 heavy (non-hydrogen) atoms. The van der Waals surface area contributed by atoms with Crippen LogP contribution in [-0.2, 0) is 9.59 Å². The van der Waals surface area contributed by atoms with Crippen molar-refractivity contribution >= 4 is 33.4 Å². The van der Waals surface area contributed by atoms with Gasteiger partial charge in [0.25, 0.3) is 11.8 Å². The number of ether oxygens (including phenoxy) is 2. The first kappa shape index (κ1) is 17.8. The zero-order valence-electron chi connectivity index (χ0n) is 16.0. The Bertz CT molecular complexity index is 1020. The summed E-state index contributed by atoms with van der Waals surface area (Å²) < 4.78 is 10.9. The van der Waals surface area contributed by atoms with Crippen LogP contribution >= 0.6 is 21.6 Å². The summed E-state index contributed by atoms with van der Waals surface area (Å²) in [5, 5.41) is 10.2. The highest BCUT2D eigenvalue weighted by atomic mass is 33.1. The molecule has 0 aromatic heterocycles. The number of nitrogens with zero attached hydrogens (tertiary/aromatic N) is 3. The van der Waals surface area contributed by atoms with Gasteiger partial charge >= 0.3 is 0 Å². The highest BCUT2D eigenvalue weighted by Crippen LogP contribution is 2.70. The van der Waals surface area contributed by atoms with E-state index in [9.17, 15) is 14.9 Å². The van der Waals surface area contributed by atoms with E-state index in [1.807, 2.05) is 36.9 Å². The lowest BCUT2D eigenvalue weighted by Crippen LogP contribution is -2.75. The molecule has 9 heteroatoms. The Morgan fingerprint density at radius 1 is 1.10 bits per heavy atom. The van der Waals surface area contributed by atoms with Crippen molar-refractivity contribution in [2.45, 2.75) is 54.9 Å². The Labute approximate surface area is 176 Å². The van der Waals surface area contributed by atoms with Crippen molar-refractivity contribution in [3.63, 3.8) is 0 Å². The molecule has 150 valence electrons. The molecular formula is C20H19N3O4S2. The molecule has 5 fully saturated rings. The molecule has 1 aromatic carbocycles. The quantitative estimate of drug-likeness (QED) is 0.668. The number of hydrogen-bond acceptors (Lipinski definition) is 7. The van der Waals surface area contributed by atoms with Crippen LogP contribution in [0, 0.1) is 16.7 Å². The Kier molecular flexibility index (Phi) is 3.28. The van der Waals surface area contributed by atoms with Crippen molar-refractivity contribution in [2.75, 3.05) is 6.79 Å². The third-order valence-corrected chi connectivity index (χ3v) is 10.3. The lowest BCUT2D eigenvalue weighted by atomic mass is 9.79. The minimum Gasteiger partial charge on any atom is -0.454 e. The van der Waals surface area contributed by atoms with Crippen LogP contribution in [0.3, 0.4) is 0 Å². The number of fused-ring (bicyclic) bond motifs is 3. The summed E-state index contributed by atoms with van der Waals surface area (Å²) in [7, 11) is 2.93. The largest absolute Gasteiger partial charge is 0.454 e. The highest BCUT2D eigenvalue weighted by Gasteiger charge is 2.76. The summed E-state index contributed by atoms with van der Waals surface area (Å²) in [6.45, 7) is 3.87. The summed E-state index contributed by atoms with van der Waals surface area (Å²) >= 11 is 0. The molecule has 0 radical (unpaired) electrons. The van der Waals surface area contributed by atoms with Crippen molar-refractivity contribution in [1.82, 2.24) is 9.80 Å². The van der Waals surface area contributed by atoms with Gasteiger partial charge in [0.15, 0.2) is 21.2 Å². The van der Waals surface area contributed by atoms with Gasteiger partial charge in [-0.1, -0.05) is 27.7 Å². The van der Waals surface area contributed by atoms with Crippen LogP contribution in [0.15, 0.2) is 18.2 Å². The first-order valence-electron chi connectivity index (χ1n) is 9.69. The number of benzene rings is 1. The first-order chi connectivity index (χ1) is 13.8. The van der Waals surface area contributed by atoms with Gasteiger partial charge in [0.1, 0.15) is 0 Å². The third kappa shape index (κ3) is 2.01. The predicted octanol–water partition coefficient (Wildman–Crippen LogP) is 3.03. The van der Waals surface area contributed by atoms with Gasteiger partial charge in [-0.2, -0.15) is 5.26 Å². The fraction of sp³-hybridized carbons (Fsp3) is 0.550. The second kappa shape index (κ2) is 5.35. The van der Waals surface area contributed by atoms with Gasteiger partial charge in [0, 0.05) is 12.5 Å². The fourth-order valence-corrected chi connectivity index (χ4v) is 8.79. The van der Waals surface area contributed by atoms with E-state index < -0.39 is 21.2 Å². The normalized spacial score (nSPS) is 39.7. The number of nitriles is 1. The molecule has 5 heterocycles. The van der Waals surface area contributed by atoms with Gasteiger partial charge in [0.2, 0.25) is 6.79 Å². The molecule has 1 saturated carbocycles. The minimum absolute atomic E-state index is 0.0180. The van der Waals surface area contributed by atoms with E-state index in [-0.39, 0.29) is 24.6 Å². The third-order valence-electron chi connectivity index (χ3n) is 6.71. The maximum absolute atomic E-state index is 13.8. The summed E-state index contributed by atoms with van der Waals surface area (Å²) in [5.41, 5.74) is -0.0896. The van der Waals surface area contributed by atoms with E-state index in [1.165, 1.54) is 21.6 Å². The molecule has 0 N–H and O–H groups in total. The van der Waals surface area contributed by atoms with Gasteiger partial charge in [-0.05, 0) is 44.4 Å². The van der Waals surface area contributed by atoms with Crippen LogP contribution < -0.4 is 9.47 Å². The molecule has 2 bridgehead atoms. The van der Waals surface area contributed by atoms with Crippen LogP contribution in [0.25, 0.3) is 0 Å². The second-order valence-electron chi connectivity index (χ2n) is 8.74. The smallest absolute Gasteiger partial charge is 0.261 e. The maximum atomic E-state index is 13.8. The van der Waals surface area contributed by atoms with Crippen LogP contribution in [0.1, 0.15) is 44.7 Å². The Morgan fingerprint density at radius 2 is 1.86 bits per heavy atom. The molecule has 4 saturated heterocycles. The number of carbonyl (C=O) groups excluding carboxylic acids is 2. The van der Waals surface area contributed by atoms with Gasteiger partial charge in [-0.3, -0.25) is 9.59 Å². The van der Waals surface area contributed by atoms with E-state index in [1.54, 1.807) is 4.90 Å². The van der Waals surface area contributed by atoms with Gasteiger partial charge in [0.05, 0.1) is 17.5 Å². The number of carbonyl (C=O) groups is 2. The number of amides is 2. The highest BCUT2D eigenvalue weighted by molar-refractivity contribution is 8.78. The molecule has 7 nitrogen and oxygen atoms in total. The molecule has 2 amide bonds. The van der Waals surface area contributed by atoms with Crippen LogP contribution in [0.5, 0.6) is 11.5 Å². The van der Waals surface area contributed by atoms with Gasteiger partial charge in [-0.15, -0.1) is 0 Å². The van der Waals surface area contributed by atoms with Crippen molar-refractivity contribution in [3.05, 3.63) is 23.8 Å². The maximum Gasteiger partial charge on any atom is 0.261 e. The number of rotatable bonds is 2. The number of piperazine rings is 1. The SMILES string of the molecule is CC12SS[C@@]3(C[C@](C)(C#N)C(c4ccc5c(c4)OCO5)N3C1=O)C(=O)N2C1CC1. The molecule has 7 rings (SSSR count). The summed E-state index contributed by atoms with van der Waals surface area (Å²) in [6, 6.07) is 7.61. The fourth-order valence-electron chi connectivity index (χ4n) is 5.22. The zero-order chi connectivity index (χ0) is 20.2.